The Hall–Kier alpha value is -1.89. The van der Waals surface area contributed by atoms with E-state index in [1.807, 2.05) is 30.3 Å². The van der Waals surface area contributed by atoms with Gasteiger partial charge in [0.1, 0.15) is 0 Å². The Balaban J connectivity index is 2.23. The molecule has 1 unspecified atom stereocenters. The van der Waals surface area contributed by atoms with Crippen molar-refractivity contribution in [2.75, 3.05) is 25.9 Å². The largest absolute Gasteiger partial charge is 0.350 e. The molecule has 0 saturated heterocycles. The van der Waals surface area contributed by atoms with Crippen molar-refractivity contribution in [1.29, 1.82) is 0 Å². The van der Waals surface area contributed by atoms with Crippen LogP contribution in [0.5, 0.6) is 0 Å². The molecule has 27 heavy (non-hydrogen) atoms. The van der Waals surface area contributed by atoms with Crippen molar-refractivity contribution in [3.63, 3.8) is 0 Å². The van der Waals surface area contributed by atoms with Crippen LogP contribution in [0, 0.1) is 0 Å². The summed E-state index contributed by atoms with van der Waals surface area (Å²) in [5.41, 5.74) is 1.27. The Morgan fingerprint density at radius 3 is 2.30 bits per heavy atom. The Labute approximate surface area is 166 Å². The SMILES string of the molecule is CCN(CC)C(CNC(=O)c1cc(S(C)(=O)=O)ccc1Cl)c1ccccc1. The van der Waals surface area contributed by atoms with E-state index in [1.165, 1.54) is 18.2 Å². The average Bonchev–Trinajstić information content (AvgIpc) is 2.65. The lowest BCUT2D eigenvalue weighted by Crippen LogP contribution is -2.38. The molecule has 0 radical (unpaired) electrons. The van der Waals surface area contributed by atoms with Crippen LogP contribution in [0.3, 0.4) is 0 Å². The highest BCUT2D eigenvalue weighted by atomic mass is 35.5. The number of likely N-dealkylation sites (N-methyl/N-ethyl adjacent to an activating group) is 1. The summed E-state index contributed by atoms with van der Waals surface area (Å²) >= 11 is 6.12. The summed E-state index contributed by atoms with van der Waals surface area (Å²) in [4.78, 5) is 15.0. The fraction of sp³-hybridized carbons (Fsp3) is 0.350. The lowest BCUT2D eigenvalue weighted by Gasteiger charge is -2.30. The van der Waals surface area contributed by atoms with Crippen molar-refractivity contribution < 1.29 is 13.2 Å². The van der Waals surface area contributed by atoms with Gasteiger partial charge in [0.25, 0.3) is 5.91 Å². The first-order valence-corrected chi connectivity index (χ1v) is 11.1. The highest BCUT2D eigenvalue weighted by Crippen LogP contribution is 2.22. The number of hydrogen-bond donors (Lipinski definition) is 1. The predicted molar refractivity (Wildman–Crippen MR) is 109 cm³/mol. The van der Waals surface area contributed by atoms with Crippen LogP contribution in [-0.4, -0.2) is 45.1 Å². The lowest BCUT2D eigenvalue weighted by molar-refractivity contribution is 0.0935. The van der Waals surface area contributed by atoms with Gasteiger partial charge in [0.05, 0.1) is 21.5 Å². The maximum atomic E-state index is 12.7. The van der Waals surface area contributed by atoms with Crippen molar-refractivity contribution in [1.82, 2.24) is 10.2 Å². The molecule has 0 bridgehead atoms. The Kier molecular flexibility index (Phi) is 7.41. The molecule has 0 heterocycles. The molecule has 5 nitrogen and oxygen atoms in total. The summed E-state index contributed by atoms with van der Waals surface area (Å²) in [5, 5.41) is 3.13. The van der Waals surface area contributed by atoms with E-state index in [9.17, 15) is 13.2 Å². The fourth-order valence-electron chi connectivity index (χ4n) is 2.99. The van der Waals surface area contributed by atoms with Crippen LogP contribution >= 0.6 is 11.6 Å². The first-order valence-electron chi connectivity index (χ1n) is 8.84. The number of hydrogen-bond acceptors (Lipinski definition) is 4. The molecule has 0 aliphatic rings. The maximum absolute atomic E-state index is 12.7. The van der Waals surface area contributed by atoms with E-state index in [0.717, 1.165) is 24.9 Å². The molecule has 0 aliphatic heterocycles. The zero-order valence-corrected chi connectivity index (χ0v) is 17.3. The van der Waals surface area contributed by atoms with Crippen LogP contribution < -0.4 is 5.32 Å². The minimum absolute atomic E-state index is 0.0158. The standard InChI is InChI=1S/C20H25ClN2O3S/c1-4-23(5-2)19(15-9-7-6-8-10-15)14-22-20(24)17-13-16(27(3,25)26)11-12-18(17)21/h6-13,19H,4-5,14H2,1-3H3,(H,22,24). The molecular formula is C20H25ClN2O3S. The van der Waals surface area contributed by atoms with Gasteiger partial charge in [-0.2, -0.15) is 0 Å². The van der Waals surface area contributed by atoms with E-state index in [1.54, 1.807) is 0 Å². The van der Waals surface area contributed by atoms with Crippen LogP contribution in [0.25, 0.3) is 0 Å². The third-order valence-corrected chi connectivity index (χ3v) is 5.94. The highest BCUT2D eigenvalue weighted by molar-refractivity contribution is 7.90. The Bertz CT molecular complexity index is 881. The first kappa shape index (κ1) is 21.4. The lowest BCUT2D eigenvalue weighted by atomic mass is 10.0. The second-order valence-corrected chi connectivity index (χ2v) is 8.69. The number of sulfone groups is 1. The van der Waals surface area contributed by atoms with Crippen LogP contribution in [0.15, 0.2) is 53.4 Å². The average molecular weight is 409 g/mol. The van der Waals surface area contributed by atoms with Gasteiger partial charge in [0.2, 0.25) is 0 Å². The zero-order valence-electron chi connectivity index (χ0n) is 15.8. The van der Waals surface area contributed by atoms with Gasteiger partial charge >= 0.3 is 0 Å². The van der Waals surface area contributed by atoms with Crippen molar-refractivity contribution in [2.24, 2.45) is 0 Å². The molecular weight excluding hydrogens is 384 g/mol. The Morgan fingerprint density at radius 1 is 1.11 bits per heavy atom. The molecule has 1 atom stereocenters. The van der Waals surface area contributed by atoms with Gasteiger partial charge in [-0.15, -0.1) is 0 Å². The van der Waals surface area contributed by atoms with E-state index >= 15 is 0 Å². The molecule has 2 rings (SSSR count). The van der Waals surface area contributed by atoms with Crippen molar-refractivity contribution >= 4 is 27.3 Å². The number of nitrogens with one attached hydrogen (secondary N) is 1. The van der Waals surface area contributed by atoms with Crippen LogP contribution in [0.1, 0.15) is 35.8 Å². The van der Waals surface area contributed by atoms with Gasteiger partial charge in [-0.3, -0.25) is 9.69 Å². The molecule has 2 aromatic carbocycles. The van der Waals surface area contributed by atoms with Crippen LogP contribution in [-0.2, 0) is 9.84 Å². The van der Waals surface area contributed by atoms with Crippen molar-refractivity contribution in [3.8, 4) is 0 Å². The smallest absolute Gasteiger partial charge is 0.252 e. The summed E-state index contributed by atoms with van der Waals surface area (Å²) in [6, 6.07) is 14.1. The van der Waals surface area contributed by atoms with Gasteiger partial charge < -0.3 is 5.32 Å². The molecule has 0 fully saturated rings. The van der Waals surface area contributed by atoms with E-state index in [2.05, 4.69) is 24.1 Å². The third-order valence-electron chi connectivity index (χ3n) is 4.50. The number of benzene rings is 2. The molecule has 0 saturated carbocycles. The van der Waals surface area contributed by atoms with Crippen molar-refractivity contribution in [3.05, 3.63) is 64.7 Å². The molecule has 1 N–H and O–H groups in total. The number of halogens is 1. The van der Waals surface area contributed by atoms with Crippen molar-refractivity contribution in [2.45, 2.75) is 24.8 Å². The maximum Gasteiger partial charge on any atom is 0.252 e. The molecule has 1 amide bonds. The Morgan fingerprint density at radius 2 is 1.74 bits per heavy atom. The summed E-state index contributed by atoms with van der Waals surface area (Å²) in [5.74, 6) is -0.390. The second kappa shape index (κ2) is 9.35. The van der Waals surface area contributed by atoms with E-state index < -0.39 is 15.7 Å². The summed E-state index contributed by atoms with van der Waals surface area (Å²) in [6.45, 7) is 6.23. The van der Waals surface area contributed by atoms with Crippen LogP contribution in [0.4, 0.5) is 0 Å². The van der Waals surface area contributed by atoms with E-state index in [-0.39, 0.29) is 21.5 Å². The molecule has 7 heteroatoms. The summed E-state index contributed by atoms with van der Waals surface area (Å²) in [6.07, 6.45) is 1.10. The number of carbonyl (C=O) groups excluding carboxylic acids is 1. The first-order chi connectivity index (χ1) is 12.8. The van der Waals surface area contributed by atoms with Gasteiger partial charge in [-0.05, 0) is 36.9 Å². The quantitative estimate of drug-likeness (QED) is 0.725. The fourth-order valence-corrected chi connectivity index (χ4v) is 3.84. The second-order valence-electron chi connectivity index (χ2n) is 6.27. The molecule has 0 spiro atoms. The number of nitrogens with zero attached hydrogens (tertiary/aromatic N) is 1. The summed E-state index contributed by atoms with van der Waals surface area (Å²) in [7, 11) is -3.42. The topological polar surface area (TPSA) is 66.5 Å². The summed E-state index contributed by atoms with van der Waals surface area (Å²) < 4.78 is 23.5. The van der Waals surface area contributed by atoms with E-state index in [0.29, 0.717) is 6.54 Å². The minimum atomic E-state index is -3.42. The predicted octanol–water partition coefficient (Wildman–Crippen LogP) is 3.56. The highest BCUT2D eigenvalue weighted by Gasteiger charge is 2.20. The zero-order chi connectivity index (χ0) is 20.0. The number of amides is 1. The monoisotopic (exact) mass is 408 g/mol. The third kappa shape index (κ3) is 5.54. The van der Waals surface area contributed by atoms with Gasteiger partial charge in [0.15, 0.2) is 9.84 Å². The van der Waals surface area contributed by atoms with Gasteiger partial charge in [0, 0.05) is 12.8 Å². The van der Waals surface area contributed by atoms with Gasteiger partial charge in [-0.1, -0.05) is 55.8 Å². The molecule has 0 aliphatic carbocycles. The molecule has 0 aromatic heterocycles. The molecule has 146 valence electrons. The normalized spacial score (nSPS) is 12.8. The van der Waals surface area contributed by atoms with Gasteiger partial charge in [-0.25, -0.2) is 8.42 Å². The number of rotatable bonds is 8. The van der Waals surface area contributed by atoms with Crippen LogP contribution in [0.2, 0.25) is 5.02 Å². The van der Waals surface area contributed by atoms with E-state index in [4.69, 9.17) is 11.6 Å². The minimum Gasteiger partial charge on any atom is -0.350 e. The number of carbonyl (C=O) groups is 1. The molecule has 2 aromatic rings.